The lowest BCUT2D eigenvalue weighted by Crippen LogP contribution is -2.07. The largest absolute Gasteiger partial charge is 0.481 e. The second kappa shape index (κ2) is 3.87. The first-order valence-electron chi connectivity index (χ1n) is 4.92. The maximum atomic E-state index is 13.5. The molecular formula is C12H11FO2S. The Hall–Kier alpha value is -1.42. The average molecular weight is 238 g/mol. The maximum Gasteiger partial charge on any atom is 0.310 e. The van der Waals surface area contributed by atoms with Gasteiger partial charge in [0, 0.05) is 4.88 Å². The van der Waals surface area contributed by atoms with Crippen molar-refractivity contribution in [2.45, 2.75) is 19.8 Å². The predicted molar refractivity (Wildman–Crippen MR) is 62.6 cm³/mol. The van der Waals surface area contributed by atoms with Crippen molar-refractivity contribution in [3.8, 4) is 0 Å². The van der Waals surface area contributed by atoms with Gasteiger partial charge in [-0.25, -0.2) is 4.39 Å². The minimum absolute atomic E-state index is 0.283. The van der Waals surface area contributed by atoms with Gasteiger partial charge in [0.15, 0.2) is 0 Å². The summed E-state index contributed by atoms with van der Waals surface area (Å²) in [5.74, 6) is -1.77. The van der Waals surface area contributed by atoms with Crippen molar-refractivity contribution in [3.05, 3.63) is 34.5 Å². The third-order valence-electron chi connectivity index (χ3n) is 2.70. The van der Waals surface area contributed by atoms with Gasteiger partial charge in [0.05, 0.1) is 10.6 Å². The zero-order valence-electron chi connectivity index (χ0n) is 8.95. The van der Waals surface area contributed by atoms with Gasteiger partial charge in [-0.2, -0.15) is 0 Å². The summed E-state index contributed by atoms with van der Waals surface area (Å²) in [6, 6.07) is 4.78. The molecule has 0 aliphatic rings. The minimum atomic E-state index is -0.882. The van der Waals surface area contributed by atoms with Crippen molar-refractivity contribution >= 4 is 27.4 Å². The molecule has 1 aromatic carbocycles. The summed E-state index contributed by atoms with van der Waals surface area (Å²) in [5, 5.41) is 9.74. The SMILES string of the molecule is Cc1sc2c(F)cccc2c1C(C)C(=O)O. The summed E-state index contributed by atoms with van der Waals surface area (Å²) >= 11 is 1.31. The number of benzene rings is 1. The number of carboxylic acids is 1. The summed E-state index contributed by atoms with van der Waals surface area (Å²) < 4.78 is 14.1. The number of carboxylic acid groups (broad SMARTS) is 1. The predicted octanol–water partition coefficient (Wildman–Crippen LogP) is 3.54. The van der Waals surface area contributed by atoms with E-state index in [0.717, 1.165) is 15.8 Å². The van der Waals surface area contributed by atoms with Gasteiger partial charge in [0.2, 0.25) is 0 Å². The second-order valence-corrected chi connectivity index (χ2v) is 4.97. The summed E-state index contributed by atoms with van der Waals surface area (Å²) in [5.41, 5.74) is 0.729. The third kappa shape index (κ3) is 1.59. The van der Waals surface area contributed by atoms with Crippen LogP contribution in [-0.4, -0.2) is 11.1 Å². The number of aryl methyl sites for hydroxylation is 1. The van der Waals surface area contributed by atoms with Crippen molar-refractivity contribution < 1.29 is 14.3 Å². The number of hydrogen-bond acceptors (Lipinski definition) is 2. The Morgan fingerprint density at radius 1 is 1.50 bits per heavy atom. The van der Waals surface area contributed by atoms with Gasteiger partial charge in [-0.1, -0.05) is 12.1 Å². The number of halogens is 1. The fourth-order valence-corrected chi connectivity index (χ4v) is 3.04. The standard InChI is InChI=1S/C12H11FO2S/c1-6(12(14)15)10-7(2)16-11-8(10)4-3-5-9(11)13/h3-6H,1-2H3,(H,14,15). The molecular weight excluding hydrogens is 227 g/mol. The van der Waals surface area contributed by atoms with Crippen molar-refractivity contribution in [1.29, 1.82) is 0 Å². The molecule has 0 fully saturated rings. The first-order chi connectivity index (χ1) is 7.52. The number of hydrogen-bond donors (Lipinski definition) is 1. The van der Waals surface area contributed by atoms with Gasteiger partial charge in [-0.05, 0) is 30.9 Å². The molecule has 0 amide bonds. The van der Waals surface area contributed by atoms with Crippen LogP contribution in [0.1, 0.15) is 23.3 Å². The Morgan fingerprint density at radius 3 is 2.81 bits per heavy atom. The van der Waals surface area contributed by atoms with Gasteiger partial charge in [-0.15, -0.1) is 11.3 Å². The van der Waals surface area contributed by atoms with E-state index in [9.17, 15) is 9.18 Å². The average Bonchev–Trinajstić information content (AvgIpc) is 2.55. The number of rotatable bonds is 2. The fraction of sp³-hybridized carbons (Fsp3) is 0.250. The van der Waals surface area contributed by atoms with E-state index in [1.807, 2.05) is 6.92 Å². The van der Waals surface area contributed by atoms with E-state index < -0.39 is 11.9 Å². The first-order valence-corrected chi connectivity index (χ1v) is 5.74. The molecule has 0 saturated heterocycles. The van der Waals surface area contributed by atoms with Crippen LogP contribution in [-0.2, 0) is 4.79 Å². The molecule has 0 aliphatic heterocycles. The number of carbonyl (C=O) groups is 1. The Labute approximate surface area is 96.3 Å². The van der Waals surface area contributed by atoms with Crippen LogP contribution in [0, 0.1) is 12.7 Å². The van der Waals surface area contributed by atoms with E-state index in [2.05, 4.69) is 0 Å². The molecule has 2 rings (SSSR count). The van der Waals surface area contributed by atoms with Gasteiger partial charge in [0.25, 0.3) is 0 Å². The summed E-state index contributed by atoms with van der Waals surface area (Å²) in [6.07, 6.45) is 0. The zero-order valence-corrected chi connectivity index (χ0v) is 9.77. The second-order valence-electron chi connectivity index (χ2n) is 3.75. The van der Waals surface area contributed by atoms with E-state index in [-0.39, 0.29) is 5.82 Å². The molecule has 84 valence electrons. The molecule has 1 aromatic heterocycles. The Bertz CT molecular complexity index is 559. The first kappa shape index (κ1) is 11.1. The van der Waals surface area contributed by atoms with Crippen LogP contribution in [0.15, 0.2) is 18.2 Å². The van der Waals surface area contributed by atoms with Crippen molar-refractivity contribution in [1.82, 2.24) is 0 Å². The molecule has 1 heterocycles. The van der Waals surface area contributed by atoms with Crippen molar-refractivity contribution in [2.24, 2.45) is 0 Å². The normalized spacial score (nSPS) is 12.9. The van der Waals surface area contributed by atoms with E-state index in [4.69, 9.17) is 5.11 Å². The van der Waals surface area contributed by atoms with Crippen LogP contribution in [0.5, 0.6) is 0 Å². The quantitative estimate of drug-likeness (QED) is 0.868. The van der Waals surface area contributed by atoms with Gasteiger partial charge >= 0.3 is 5.97 Å². The number of fused-ring (bicyclic) bond motifs is 1. The molecule has 1 atom stereocenters. The van der Waals surface area contributed by atoms with Gasteiger partial charge < -0.3 is 5.11 Å². The topological polar surface area (TPSA) is 37.3 Å². The van der Waals surface area contributed by atoms with Gasteiger partial charge in [0.1, 0.15) is 5.82 Å². The highest BCUT2D eigenvalue weighted by molar-refractivity contribution is 7.19. The lowest BCUT2D eigenvalue weighted by atomic mass is 9.98. The Balaban J connectivity index is 2.74. The van der Waals surface area contributed by atoms with Crippen LogP contribution in [0.25, 0.3) is 10.1 Å². The highest BCUT2D eigenvalue weighted by atomic mass is 32.1. The lowest BCUT2D eigenvalue weighted by Gasteiger charge is -2.06. The molecule has 0 aliphatic carbocycles. The van der Waals surface area contributed by atoms with E-state index in [1.54, 1.807) is 19.1 Å². The van der Waals surface area contributed by atoms with Crippen LogP contribution < -0.4 is 0 Å². The van der Waals surface area contributed by atoms with Crippen molar-refractivity contribution in [2.75, 3.05) is 0 Å². The molecule has 2 nitrogen and oxygen atoms in total. The lowest BCUT2D eigenvalue weighted by molar-refractivity contribution is -0.138. The van der Waals surface area contributed by atoms with E-state index >= 15 is 0 Å². The highest BCUT2D eigenvalue weighted by Crippen LogP contribution is 2.36. The van der Waals surface area contributed by atoms with Crippen LogP contribution in [0.3, 0.4) is 0 Å². The minimum Gasteiger partial charge on any atom is -0.481 e. The van der Waals surface area contributed by atoms with Crippen LogP contribution in [0.4, 0.5) is 4.39 Å². The zero-order chi connectivity index (χ0) is 11.9. The smallest absolute Gasteiger partial charge is 0.310 e. The molecule has 0 spiro atoms. The number of aliphatic carboxylic acids is 1. The summed E-state index contributed by atoms with van der Waals surface area (Å²) in [6.45, 7) is 3.46. The van der Waals surface area contributed by atoms with E-state index in [0.29, 0.717) is 4.70 Å². The summed E-state index contributed by atoms with van der Waals surface area (Å²) in [4.78, 5) is 11.9. The van der Waals surface area contributed by atoms with Crippen LogP contribution in [0.2, 0.25) is 0 Å². The molecule has 0 saturated carbocycles. The fourth-order valence-electron chi connectivity index (χ4n) is 1.88. The van der Waals surface area contributed by atoms with E-state index in [1.165, 1.54) is 17.4 Å². The molecule has 1 unspecified atom stereocenters. The maximum absolute atomic E-state index is 13.5. The Kier molecular flexibility index (Phi) is 2.68. The molecule has 16 heavy (non-hydrogen) atoms. The Morgan fingerprint density at radius 2 is 2.19 bits per heavy atom. The molecule has 2 aromatic rings. The number of thiophene rings is 1. The highest BCUT2D eigenvalue weighted by Gasteiger charge is 2.21. The summed E-state index contributed by atoms with van der Waals surface area (Å²) in [7, 11) is 0. The van der Waals surface area contributed by atoms with Crippen molar-refractivity contribution in [3.63, 3.8) is 0 Å². The van der Waals surface area contributed by atoms with Crippen LogP contribution >= 0.6 is 11.3 Å². The monoisotopic (exact) mass is 238 g/mol. The van der Waals surface area contributed by atoms with Gasteiger partial charge in [-0.3, -0.25) is 4.79 Å². The molecule has 0 radical (unpaired) electrons. The molecule has 0 bridgehead atoms. The molecule has 4 heteroatoms. The third-order valence-corrected chi connectivity index (χ3v) is 3.84. The molecule has 1 N–H and O–H groups in total.